The molecular weight excluding hydrogens is 472 g/mol. The molecule has 0 aliphatic carbocycles. The van der Waals surface area contributed by atoms with E-state index < -0.39 is 11.2 Å². The van der Waals surface area contributed by atoms with Crippen molar-refractivity contribution in [1.82, 2.24) is 9.80 Å². The smallest absolute Gasteiger partial charge is 0.136 e. The number of hydrogen-bond acceptors (Lipinski definition) is 5. The zero-order valence-corrected chi connectivity index (χ0v) is 23.0. The summed E-state index contributed by atoms with van der Waals surface area (Å²) >= 11 is 0. The van der Waals surface area contributed by atoms with Crippen LogP contribution in [0.1, 0.15) is 76.3 Å². The minimum atomic E-state index is -1.07. The largest absolute Gasteiger partial charge is 0.383 e. The Kier molecular flexibility index (Phi) is 7.01. The van der Waals surface area contributed by atoms with Crippen molar-refractivity contribution in [3.63, 3.8) is 0 Å². The standard InChI is InChI=1S/C33H44N2O3/c1-23-19-27-15-9-17-34(27)30(32(23,37)25-11-5-3-6-12-25)21-29(36)22-31-33(38,26-13-7-4-8-14-26)24(2)20-28-16-10-18-35(28)31/h3-8,11-14,23-24,27-28,30-31,37-38H,9-10,15-22H2,1-2H3/t23-,24-,27+,28+,30-,31-,32+,33+/m1/s1. The van der Waals surface area contributed by atoms with Crippen LogP contribution in [-0.2, 0) is 16.0 Å². The Hall–Kier alpha value is -2.05. The van der Waals surface area contributed by atoms with Gasteiger partial charge in [-0.3, -0.25) is 14.6 Å². The number of piperidine rings is 2. The van der Waals surface area contributed by atoms with Crippen molar-refractivity contribution in [3.05, 3.63) is 71.8 Å². The molecule has 2 N–H and O–H groups in total. The Morgan fingerprint density at radius 1 is 0.737 bits per heavy atom. The highest BCUT2D eigenvalue weighted by molar-refractivity contribution is 5.80. The van der Waals surface area contributed by atoms with Crippen molar-refractivity contribution in [3.8, 4) is 0 Å². The molecule has 0 amide bonds. The van der Waals surface area contributed by atoms with Crippen molar-refractivity contribution in [2.24, 2.45) is 11.8 Å². The van der Waals surface area contributed by atoms with E-state index in [4.69, 9.17) is 0 Å². The van der Waals surface area contributed by atoms with Gasteiger partial charge >= 0.3 is 0 Å². The number of Topliss-reactive ketones (excluding diaryl/α,β-unsaturated/α-hetero) is 1. The third-order valence-corrected chi connectivity index (χ3v) is 10.7. The number of benzene rings is 2. The van der Waals surface area contributed by atoms with Gasteiger partial charge in [0.2, 0.25) is 0 Å². The number of hydrogen-bond donors (Lipinski definition) is 2. The van der Waals surface area contributed by atoms with Crippen molar-refractivity contribution < 1.29 is 15.0 Å². The summed E-state index contributed by atoms with van der Waals surface area (Å²) in [7, 11) is 0. The molecule has 4 heterocycles. The molecule has 8 atom stereocenters. The van der Waals surface area contributed by atoms with Crippen LogP contribution < -0.4 is 0 Å². The van der Waals surface area contributed by atoms with Crippen LogP contribution in [0.3, 0.4) is 0 Å². The SMILES string of the molecule is C[C@@H]1C[C@@H]2CCCN2[C@H](CC(=O)C[C@H]2N3CCC[C@H]3C[C@@H](C)[C@]2(O)c2ccccc2)[C@@]1(O)c1ccccc1. The fraction of sp³-hybridized carbons (Fsp3) is 0.606. The number of carbonyl (C=O) groups excluding carboxylic acids is 1. The lowest BCUT2D eigenvalue weighted by atomic mass is 9.67. The van der Waals surface area contributed by atoms with Crippen LogP contribution >= 0.6 is 0 Å². The van der Waals surface area contributed by atoms with Crippen LogP contribution in [-0.4, -0.2) is 63.1 Å². The quantitative estimate of drug-likeness (QED) is 0.574. The molecule has 0 unspecified atom stereocenters. The van der Waals surface area contributed by atoms with Crippen molar-refractivity contribution >= 4 is 5.78 Å². The highest BCUT2D eigenvalue weighted by Gasteiger charge is 2.56. The Balaban J connectivity index is 1.32. The van der Waals surface area contributed by atoms with E-state index in [2.05, 4.69) is 23.6 Å². The second-order valence-electron chi connectivity index (χ2n) is 12.7. The topological polar surface area (TPSA) is 64.0 Å². The molecule has 2 aromatic rings. The van der Waals surface area contributed by atoms with Crippen LogP contribution in [0.4, 0.5) is 0 Å². The summed E-state index contributed by atoms with van der Waals surface area (Å²) in [5.41, 5.74) is -0.294. The van der Waals surface area contributed by atoms with Gasteiger partial charge in [0.1, 0.15) is 17.0 Å². The van der Waals surface area contributed by atoms with Gasteiger partial charge in [-0.1, -0.05) is 74.5 Å². The van der Waals surface area contributed by atoms with Crippen LogP contribution in [0.15, 0.2) is 60.7 Å². The average molecular weight is 517 g/mol. The molecule has 4 fully saturated rings. The van der Waals surface area contributed by atoms with Crippen molar-refractivity contribution in [2.75, 3.05) is 13.1 Å². The highest BCUT2D eigenvalue weighted by atomic mass is 16.3. The lowest BCUT2D eigenvalue weighted by molar-refractivity contribution is -0.156. The molecule has 5 heteroatoms. The van der Waals surface area contributed by atoms with Gasteiger partial charge in [0, 0.05) is 24.9 Å². The lowest BCUT2D eigenvalue weighted by Crippen LogP contribution is -2.62. The van der Waals surface area contributed by atoms with E-state index in [1.807, 2.05) is 60.7 Å². The van der Waals surface area contributed by atoms with E-state index in [9.17, 15) is 15.0 Å². The molecular formula is C33H44N2O3. The van der Waals surface area contributed by atoms with Gasteiger partial charge in [0.05, 0.1) is 12.1 Å². The molecule has 0 spiro atoms. The summed E-state index contributed by atoms with van der Waals surface area (Å²) in [6, 6.07) is 20.4. The first-order valence-electron chi connectivity index (χ1n) is 14.9. The van der Waals surface area contributed by atoms with Gasteiger partial charge in [-0.25, -0.2) is 0 Å². The van der Waals surface area contributed by atoms with Gasteiger partial charge in [-0.2, -0.15) is 0 Å². The predicted molar refractivity (Wildman–Crippen MR) is 150 cm³/mol. The fourth-order valence-electron chi connectivity index (χ4n) is 8.81. The first-order valence-corrected chi connectivity index (χ1v) is 14.9. The third kappa shape index (κ3) is 4.18. The van der Waals surface area contributed by atoms with Gasteiger partial charge in [-0.05, 0) is 74.6 Å². The third-order valence-electron chi connectivity index (χ3n) is 10.7. The Labute approximate surface area is 227 Å². The van der Waals surface area contributed by atoms with Gasteiger partial charge < -0.3 is 10.2 Å². The minimum Gasteiger partial charge on any atom is -0.383 e. The van der Waals surface area contributed by atoms with E-state index in [1.54, 1.807) is 0 Å². The predicted octanol–water partition coefficient (Wildman–Crippen LogP) is 4.86. The van der Waals surface area contributed by atoms with E-state index in [0.717, 1.165) is 62.7 Å². The van der Waals surface area contributed by atoms with Crippen LogP contribution in [0, 0.1) is 11.8 Å². The maximum atomic E-state index is 14.1. The van der Waals surface area contributed by atoms with Crippen molar-refractivity contribution in [2.45, 2.75) is 101 Å². The number of carbonyl (C=O) groups is 1. The molecule has 4 aliphatic rings. The van der Waals surface area contributed by atoms with Gasteiger partial charge in [0.25, 0.3) is 0 Å². The van der Waals surface area contributed by atoms with Crippen LogP contribution in [0.5, 0.6) is 0 Å². The number of fused-ring (bicyclic) bond motifs is 2. The zero-order chi connectivity index (χ0) is 26.5. The lowest BCUT2D eigenvalue weighted by Gasteiger charge is -2.54. The molecule has 0 aromatic heterocycles. The highest BCUT2D eigenvalue weighted by Crippen LogP contribution is 2.50. The fourth-order valence-corrected chi connectivity index (χ4v) is 8.81. The van der Waals surface area contributed by atoms with Crippen LogP contribution in [0.25, 0.3) is 0 Å². The van der Waals surface area contributed by atoms with Crippen LogP contribution in [0.2, 0.25) is 0 Å². The maximum absolute atomic E-state index is 14.1. The van der Waals surface area contributed by atoms with E-state index in [0.29, 0.717) is 24.9 Å². The maximum Gasteiger partial charge on any atom is 0.136 e. The summed E-state index contributed by atoms with van der Waals surface area (Å²) in [4.78, 5) is 19.0. The molecule has 0 radical (unpaired) electrons. The van der Waals surface area contributed by atoms with E-state index in [1.165, 1.54) is 0 Å². The number of rotatable bonds is 6. The monoisotopic (exact) mass is 516 g/mol. The second-order valence-corrected chi connectivity index (χ2v) is 12.7. The average Bonchev–Trinajstić information content (AvgIpc) is 3.59. The first kappa shape index (κ1) is 26.2. The van der Waals surface area contributed by atoms with E-state index >= 15 is 0 Å². The molecule has 6 rings (SSSR count). The molecule has 204 valence electrons. The Morgan fingerprint density at radius 2 is 1.13 bits per heavy atom. The number of ketones is 1. The molecule has 38 heavy (non-hydrogen) atoms. The molecule has 0 saturated carbocycles. The second kappa shape index (κ2) is 10.2. The number of nitrogens with zero attached hydrogens (tertiary/aromatic N) is 2. The van der Waals surface area contributed by atoms with Gasteiger partial charge in [-0.15, -0.1) is 0 Å². The van der Waals surface area contributed by atoms with Gasteiger partial charge in [0.15, 0.2) is 0 Å². The minimum absolute atomic E-state index is 0.0703. The normalized spacial score (nSPS) is 39.6. The molecule has 0 bridgehead atoms. The summed E-state index contributed by atoms with van der Waals surface area (Å²) < 4.78 is 0. The Morgan fingerprint density at radius 3 is 1.53 bits per heavy atom. The Bertz CT molecular complexity index is 1040. The summed E-state index contributed by atoms with van der Waals surface area (Å²) in [5, 5.41) is 24.8. The first-order chi connectivity index (χ1) is 18.3. The molecule has 4 saturated heterocycles. The molecule has 2 aromatic carbocycles. The number of aliphatic hydroxyl groups is 2. The van der Waals surface area contributed by atoms with E-state index in [-0.39, 0.29) is 29.7 Å². The summed E-state index contributed by atoms with van der Waals surface area (Å²) in [6.07, 6.45) is 7.08. The summed E-state index contributed by atoms with van der Waals surface area (Å²) in [6.45, 7) is 6.19. The molecule has 5 nitrogen and oxygen atoms in total. The summed E-state index contributed by atoms with van der Waals surface area (Å²) in [5.74, 6) is 0.296. The zero-order valence-electron chi connectivity index (χ0n) is 23.0. The molecule has 4 aliphatic heterocycles. The van der Waals surface area contributed by atoms with Crippen molar-refractivity contribution in [1.29, 1.82) is 0 Å².